The Morgan fingerprint density at radius 3 is 2.41 bits per heavy atom. The fraction of sp³-hybridized carbons (Fsp3) is 0.250. The molecule has 3 aromatic rings. The second-order valence-electron chi connectivity index (χ2n) is 7.65. The van der Waals surface area contributed by atoms with Crippen LogP contribution in [0.4, 0.5) is 5.69 Å². The van der Waals surface area contributed by atoms with Crippen LogP contribution in [-0.4, -0.2) is 16.8 Å². The number of hydrogen-bond donors (Lipinski definition) is 1. The van der Waals surface area contributed by atoms with Gasteiger partial charge in [-0.05, 0) is 43.5 Å². The summed E-state index contributed by atoms with van der Waals surface area (Å²) in [6.45, 7) is 5.81. The number of furan rings is 1. The van der Waals surface area contributed by atoms with Crippen molar-refractivity contribution in [1.29, 1.82) is 0 Å². The third-order valence-electron chi connectivity index (χ3n) is 5.68. The van der Waals surface area contributed by atoms with E-state index < -0.39 is 11.5 Å². The normalized spacial score (nSPS) is 18.2. The van der Waals surface area contributed by atoms with Gasteiger partial charge in [0.2, 0.25) is 0 Å². The quantitative estimate of drug-likeness (QED) is 0.664. The Kier molecular flexibility index (Phi) is 4.63. The van der Waals surface area contributed by atoms with Crippen molar-refractivity contribution in [3.63, 3.8) is 0 Å². The van der Waals surface area contributed by atoms with Crippen molar-refractivity contribution in [3.05, 3.63) is 88.4 Å². The first-order valence-electron chi connectivity index (χ1n) is 9.59. The van der Waals surface area contributed by atoms with Crippen molar-refractivity contribution in [3.8, 4) is 0 Å². The van der Waals surface area contributed by atoms with Gasteiger partial charge in [-0.1, -0.05) is 42.5 Å². The zero-order valence-corrected chi connectivity index (χ0v) is 16.7. The van der Waals surface area contributed by atoms with Gasteiger partial charge in [-0.15, -0.1) is 0 Å². The zero-order valence-electron chi connectivity index (χ0n) is 16.7. The number of anilines is 1. The summed E-state index contributed by atoms with van der Waals surface area (Å²) < 4.78 is 5.33. The first kappa shape index (κ1) is 19.2. The number of Topliss-reactive ketones (excluding diaryl/α,β-unsaturated/α-hetero) is 1. The van der Waals surface area contributed by atoms with Crippen LogP contribution >= 0.6 is 0 Å². The van der Waals surface area contributed by atoms with Crippen molar-refractivity contribution in [2.45, 2.75) is 39.3 Å². The lowest BCUT2D eigenvalue weighted by Crippen LogP contribution is -2.41. The number of carbonyl (C=O) groups excluding carboxylic acids is 2. The maximum atomic E-state index is 13.4. The monoisotopic (exact) mass is 389 g/mol. The molecule has 1 aromatic heterocycles. The summed E-state index contributed by atoms with van der Waals surface area (Å²) in [7, 11) is 0. The molecule has 4 rings (SSSR count). The summed E-state index contributed by atoms with van der Waals surface area (Å²) in [5.74, 6) is -0.294. The van der Waals surface area contributed by atoms with E-state index in [0.29, 0.717) is 34.7 Å². The maximum Gasteiger partial charge on any atom is 0.264 e. The molecule has 148 valence electrons. The van der Waals surface area contributed by atoms with E-state index in [4.69, 9.17) is 4.42 Å². The van der Waals surface area contributed by atoms with Gasteiger partial charge in [0.15, 0.2) is 11.4 Å². The van der Waals surface area contributed by atoms with Crippen LogP contribution in [0, 0.1) is 20.8 Å². The summed E-state index contributed by atoms with van der Waals surface area (Å²) in [4.78, 5) is 27.9. The number of nitrogens with zero attached hydrogens (tertiary/aromatic N) is 1. The van der Waals surface area contributed by atoms with Gasteiger partial charge in [-0.2, -0.15) is 0 Å². The topological polar surface area (TPSA) is 70.8 Å². The summed E-state index contributed by atoms with van der Waals surface area (Å²) in [5, 5.41) is 11.4. The van der Waals surface area contributed by atoms with Crippen LogP contribution in [0.1, 0.15) is 44.8 Å². The minimum Gasteiger partial charge on any atom is -0.469 e. The highest BCUT2D eigenvalue weighted by atomic mass is 16.3. The smallest absolute Gasteiger partial charge is 0.264 e. The van der Waals surface area contributed by atoms with Crippen LogP contribution in [-0.2, 0) is 16.9 Å². The Balaban J connectivity index is 1.72. The molecule has 29 heavy (non-hydrogen) atoms. The molecule has 1 N–H and O–H groups in total. The maximum absolute atomic E-state index is 13.4. The van der Waals surface area contributed by atoms with Crippen molar-refractivity contribution in [2.75, 3.05) is 4.90 Å². The second-order valence-corrected chi connectivity index (χ2v) is 7.65. The van der Waals surface area contributed by atoms with Gasteiger partial charge in [0.25, 0.3) is 5.91 Å². The van der Waals surface area contributed by atoms with E-state index in [1.54, 1.807) is 30.9 Å². The summed E-state index contributed by atoms with van der Waals surface area (Å²) in [6.07, 6.45) is 1.19. The minimum atomic E-state index is -1.90. The highest BCUT2D eigenvalue weighted by molar-refractivity contribution is 6.11. The number of ketones is 1. The SMILES string of the molecule is Cc1ccccc1CN1C(=O)[C@](O)(CC(=O)c2c(C)coc2C)c2ccccc21. The van der Waals surface area contributed by atoms with Crippen LogP contribution in [0.2, 0.25) is 0 Å². The molecule has 0 saturated heterocycles. The van der Waals surface area contributed by atoms with Crippen molar-refractivity contribution in [2.24, 2.45) is 0 Å². The number of rotatable bonds is 5. The molecule has 1 aliphatic rings. The van der Waals surface area contributed by atoms with E-state index in [1.807, 2.05) is 43.3 Å². The van der Waals surface area contributed by atoms with Gasteiger partial charge in [0, 0.05) is 5.56 Å². The Morgan fingerprint density at radius 1 is 1.03 bits per heavy atom. The molecule has 0 aliphatic carbocycles. The number of benzene rings is 2. The van der Waals surface area contributed by atoms with Crippen molar-refractivity contribution >= 4 is 17.4 Å². The lowest BCUT2D eigenvalue weighted by atomic mass is 9.87. The van der Waals surface area contributed by atoms with Gasteiger partial charge < -0.3 is 14.4 Å². The molecule has 0 unspecified atom stereocenters. The van der Waals surface area contributed by atoms with Gasteiger partial charge in [0.1, 0.15) is 5.76 Å². The average molecular weight is 389 g/mol. The number of amides is 1. The van der Waals surface area contributed by atoms with E-state index in [9.17, 15) is 14.7 Å². The first-order valence-corrected chi connectivity index (χ1v) is 9.59. The lowest BCUT2D eigenvalue weighted by Gasteiger charge is -2.23. The largest absolute Gasteiger partial charge is 0.469 e. The molecule has 5 heteroatoms. The standard InChI is InChI=1S/C24H23NO4/c1-15-8-4-5-9-18(15)13-25-20-11-7-6-10-19(20)24(28,23(25)27)12-21(26)22-16(2)14-29-17(22)3/h4-11,14,28H,12-13H2,1-3H3/t24-/m0/s1. The predicted molar refractivity (Wildman–Crippen MR) is 110 cm³/mol. The molecule has 0 spiro atoms. The zero-order chi connectivity index (χ0) is 20.8. The predicted octanol–water partition coefficient (Wildman–Crippen LogP) is 4.21. The number of hydrogen-bond acceptors (Lipinski definition) is 4. The molecular weight excluding hydrogens is 366 g/mol. The number of carbonyl (C=O) groups is 2. The minimum absolute atomic E-state index is 0.308. The molecule has 1 amide bonds. The fourth-order valence-electron chi connectivity index (χ4n) is 4.10. The molecule has 2 heterocycles. The third kappa shape index (κ3) is 3.08. The van der Waals surface area contributed by atoms with Crippen LogP contribution < -0.4 is 4.90 Å². The van der Waals surface area contributed by atoms with Gasteiger partial charge >= 0.3 is 0 Å². The van der Waals surface area contributed by atoms with E-state index >= 15 is 0 Å². The molecule has 0 radical (unpaired) electrons. The molecule has 1 aliphatic heterocycles. The molecule has 0 saturated carbocycles. The first-order chi connectivity index (χ1) is 13.8. The van der Waals surface area contributed by atoms with Crippen LogP contribution in [0.3, 0.4) is 0 Å². The molecule has 1 atom stereocenters. The summed E-state index contributed by atoms with van der Waals surface area (Å²) in [6, 6.07) is 14.9. The molecule has 2 aromatic carbocycles. The van der Waals surface area contributed by atoms with Gasteiger partial charge in [-0.3, -0.25) is 9.59 Å². The Labute approximate surface area is 169 Å². The van der Waals surface area contributed by atoms with E-state index in [1.165, 1.54) is 6.26 Å². The highest BCUT2D eigenvalue weighted by Gasteiger charge is 2.51. The number of aliphatic hydroxyl groups is 1. The summed E-state index contributed by atoms with van der Waals surface area (Å²) in [5.41, 5.74) is 2.39. The average Bonchev–Trinajstić information content (AvgIpc) is 3.13. The molecule has 0 fully saturated rings. The van der Waals surface area contributed by atoms with E-state index in [2.05, 4.69) is 0 Å². The van der Waals surface area contributed by atoms with Crippen LogP contribution in [0.25, 0.3) is 0 Å². The van der Waals surface area contributed by atoms with Gasteiger partial charge in [-0.25, -0.2) is 0 Å². The Bertz CT molecular complexity index is 1090. The van der Waals surface area contributed by atoms with E-state index in [-0.39, 0.29) is 12.2 Å². The van der Waals surface area contributed by atoms with Gasteiger partial charge in [0.05, 0.1) is 30.5 Å². The Morgan fingerprint density at radius 2 is 1.72 bits per heavy atom. The molecular formula is C24H23NO4. The number of fused-ring (bicyclic) bond motifs is 1. The van der Waals surface area contributed by atoms with E-state index in [0.717, 1.165) is 11.1 Å². The Hall–Kier alpha value is -3.18. The highest BCUT2D eigenvalue weighted by Crippen LogP contribution is 2.44. The number of aryl methyl sites for hydroxylation is 3. The molecule has 0 bridgehead atoms. The lowest BCUT2D eigenvalue weighted by molar-refractivity contribution is -0.136. The molecule has 5 nitrogen and oxygen atoms in total. The van der Waals surface area contributed by atoms with Crippen molar-refractivity contribution < 1.29 is 19.1 Å². The summed E-state index contributed by atoms with van der Waals surface area (Å²) >= 11 is 0. The van der Waals surface area contributed by atoms with Crippen molar-refractivity contribution in [1.82, 2.24) is 0 Å². The fourth-order valence-corrected chi connectivity index (χ4v) is 4.10. The van der Waals surface area contributed by atoms with Crippen LogP contribution in [0.15, 0.2) is 59.2 Å². The third-order valence-corrected chi connectivity index (χ3v) is 5.68. The second kappa shape index (κ2) is 7.01. The van der Waals surface area contributed by atoms with Crippen LogP contribution in [0.5, 0.6) is 0 Å². The number of para-hydroxylation sites is 1.